The topological polar surface area (TPSA) is 38.1 Å². The van der Waals surface area contributed by atoms with Gasteiger partial charge in [0.15, 0.2) is 10.9 Å². The van der Waals surface area contributed by atoms with Gasteiger partial charge in [0.25, 0.3) is 0 Å². The molecule has 0 radical (unpaired) electrons. The molecule has 0 atom stereocenters. The van der Waals surface area contributed by atoms with Crippen LogP contribution in [0, 0.1) is 13.8 Å². The Kier molecular flexibility index (Phi) is 5.05. The van der Waals surface area contributed by atoms with Crippen molar-refractivity contribution < 1.29 is 4.79 Å². The first-order valence-corrected chi connectivity index (χ1v) is 10.1. The van der Waals surface area contributed by atoms with Crippen molar-refractivity contribution in [2.45, 2.75) is 20.3 Å². The number of Topliss-reactive ketones (excluding diaryl/α,β-unsaturated/α-hetero) is 1. The zero-order valence-electron chi connectivity index (χ0n) is 15.7. The lowest BCUT2D eigenvalue weighted by atomic mass is 9.99. The molecule has 27 heavy (non-hydrogen) atoms. The molecule has 3 heterocycles. The number of hydrogen-bond donors (Lipinski definition) is 0. The first kappa shape index (κ1) is 17.9. The Hall–Kier alpha value is -2.50. The molecular formula is C22H23N3OS. The van der Waals surface area contributed by atoms with Crippen molar-refractivity contribution in [3.05, 3.63) is 76.6 Å². The Morgan fingerprint density at radius 1 is 1.22 bits per heavy atom. The third-order valence-electron chi connectivity index (χ3n) is 5.15. The van der Waals surface area contributed by atoms with Crippen LogP contribution in [-0.4, -0.2) is 39.9 Å². The molecule has 1 aliphatic heterocycles. The molecule has 3 aromatic rings. The highest BCUT2D eigenvalue weighted by Crippen LogP contribution is 2.24. The normalized spacial score (nSPS) is 15.0. The minimum Gasteiger partial charge on any atom is -0.294 e. The number of carbonyl (C=O) groups excluding carboxylic acids is 1. The lowest BCUT2D eigenvalue weighted by Crippen LogP contribution is -2.33. The minimum atomic E-state index is 0.183. The lowest BCUT2D eigenvalue weighted by Gasteiger charge is -2.25. The Labute approximate surface area is 163 Å². The zero-order chi connectivity index (χ0) is 18.8. The standard InChI is InChI=1S/C22H23N3OS/c1-16-14-20(17(2)25(16)22-23-10-13-27-22)21(26)15-24-11-8-19(9-12-24)18-6-4-3-5-7-18/h3-8,10,13-14H,9,11-12,15H2,1-2H3. The van der Waals surface area contributed by atoms with Crippen molar-refractivity contribution in [1.29, 1.82) is 0 Å². The molecule has 0 bridgehead atoms. The molecule has 4 nitrogen and oxygen atoms in total. The highest BCUT2D eigenvalue weighted by atomic mass is 32.1. The second-order valence-electron chi connectivity index (χ2n) is 6.94. The van der Waals surface area contributed by atoms with Gasteiger partial charge in [-0.25, -0.2) is 4.98 Å². The Bertz CT molecular complexity index is 971. The Morgan fingerprint density at radius 3 is 2.70 bits per heavy atom. The van der Waals surface area contributed by atoms with E-state index in [4.69, 9.17) is 0 Å². The van der Waals surface area contributed by atoms with Gasteiger partial charge in [-0.1, -0.05) is 36.4 Å². The molecular weight excluding hydrogens is 354 g/mol. The number of hydrogen-bond acceptors (Lipinski definition) is 4. The van der Waals surface area contributed by atoms with E-state index >= 15 is 0 Å². The molecule has 4 rings (SSSR count). The highest BCUT2D eigenvalue weighted by molar-refractivity contribution is 7.12. The predicted molar refractivity (Wildman–Crippen MR) is 111 cm³/mol. The van der Waals surface area contributed by atoms with Crippen LogP contribution >= 0.6 is 11.3 Å². The monoisotopic (exact) mass is 377 g/mol. The molecule has 0 amide bonds. The largest absolute Gasteiger partial charge is 0.294 e. The summed E-state index contributed by atoms with van der Waals surface area (Å²) >= 11 is 1.59. The van der Waals surface area contributed by atoms with Gasteiger partial charge in [0.05, 0.1) is 6.54 Å². The van der Waals surface area contributed by atoms with Crippen LogP contribution in [0.15, 0.2) is 54.1 Å². The summed E-state index contributed by atoms with van der Waals surface area (Å²) in [4.78, 5) is 19.5. The van der Waals surface area contributed by atoms with E-state index in [9.17, 15) is 4.79 Å². The number of benzene rings is 1. The first-order chi connectivity index (χ1) is 13.1. The molecule has 0 aliphatic carbocycles. The number of thiazole rings is 1. The molecule has 2 aromatic heterocycles. The number of rotatable bonds is 5. The number of ketones is 1. The van der Waals surface area contributed by atoms with Crippen molar-refractivity contribution in [3.63, 3.8) is 0 Å². The summed E-state index contributed by atoms with van der Waals surface area (Å²) in [5.41, 5.74) is 5.50. The summed E-state index contributed by atoms with van der Waals surface area (Å²) in [6.45, 7) is 6.23. The molecule has 138 valence electrons. The second kappa shape index (κ2) is 7.62. The summed E-state index contributed by atoms with van der Waals surface area (Å²) in [6.07, 6.45) is 5.03. The van der Waals surface area contributed by atoms with Crippen LogP contribution in [0.3, 0.4) is 0 Å². The Balaban J connectivity index is 1.46. The van der Waals surface area contributed by atoms with Crippen LogP contribution < -0.4 is 0 Å². The first-order valence-electron chi connectivity index (χ1n) is 9.22. The summed E-state index contributed by atoms with van der Waals surface area (Å²) in [5.74, 6) is 0.183. The summed E-state index contributed by atoms with van der Waals surface area (Å²) in [6, 6.07) is 12.5. The molecule has 0 unspecified atom stereocenters. The molecule has 0 saturated heterocycles. The average Bonchev–Trinajstić information content (AvgIpc) is 3.31. The molecule has 1 aliphatic rings. The van der Waals surface area contributed by atoms with Gasteiger partial charge in [0.2, 0.25) is 0 Å². The van der Waals surface area contributed by atoms with Crippen molar-refractivity contribution in [2.24, 2.45) is 0 Å². The van der Waals surface area contributed by atoms with Crippen LogP contribution in [0.25, 0.3) is 10.7 Å². The Morgan fingerprint density at radius 2 is 2.04 bits per heavy atom. The predicted octanol–water partition coefficient (Wildman–Crippen LogP) is 4.52. The summed E-state index contributed by atoms with van der Waals surface area (Å²) < 4.78 is 2.07. The maximum atomic E-state index is 12.9. The zero-order valence-corrected chi connectivity index (χ0v) is 16.5. The number of nitrogens with zero attached hydrogens (tertiary/aromatic N) is 3. The van der Waals surface area contributed by atoms with Gasteiger partial charge in [0.1, 0.15) is 0 Å². The van der Waals surface area contributed by atoms with Gasteiger partial charge in [-0.2, -0.15) is 0 Å². The smallest absolute Gasteiger partial charge is 0.193 e. The third kappa shape index (κ3) is 3.66. The molecule has 0 saturated carbocycles. The van der Waals surface area contributed by atoms with Crippen molar-refractivity contribution in [2.75, 3.05) is 19.6 Å². The van der Waals surface area contributed by atoms with Crippen molar-refractivity contribution in [3.8, 4) is 5.13 Å². The molecule has 0 spiro atoms. The quantitative estimate of drug-likeness (QED) is 0.614. The lowest BCUT2D eigenvalue weighted by molar-refractivity contribution is 0.0937. The van der Waals surface area contributed by atoms with Crippen LogP contribution in [0.5, 0.6) is 0 Å². The minimum absolute atomic E-state index is 0.183. The maximum absolute atomic E-state index is 12.9. The van der Waals surface area contributed by atoms with Gasteiger partial charge in [-0.3, -0.25) is 14.3 Å². The van der Waals surface area contributed by atoms with Gasteiger partial charge >= 0.3 is 0 Å². The average molecular weight is 378 g/mol. The van der Waals surface area contributed by atoms with Crippen molar-refractivity contribution in [1.82, 2.24) is 14.5 Å². The van der Waals surface area contributed by atoms with Gasteiger partial charge in [0, 0.05) is 41.6 Å². The maximum Gasteiger partial charge on any atom is 0.193 e. The van der Waals surface area contributed by atoms with Crippen LogP contribution in [0.4, 0.5) is 0 Å². The van der Waals surface area contributed by atoms with Crippen molar-refractivity contribution >= 4 is 22.7 Å². The van der Waals surface area contributed by atoms with E-state index in [1.54, 1.807) is 17.5 Å². The SMILES string of the molecule is Cc1cc(C(=O)CN2CC=C(c3ccccc3)CC2)c(C)n1-c1nccs1. The molecule has 5 heteroatoms. The fourth-order valence-electron chi connectivity index (χ4n) is 3.72. The number of aromatic nitrogens is 2. The van der Waals surface area contributed by atoms with E-state index in [0.29, 0.717) is 6.54 Å². The van der Waals surface area contributed by atoms with E-state index < -0.39 is 0 Å². The van der Waals surface area contributed by atoms with E-state index in [1.165, 1.54) is 11.1 Å². The van der Waals surface area contributed by atoms with E-state index in [2.05, 4.69) is 44.8 Å². The highest BCUT2D eigenvalue weighted by Gasteiger charge is 2.21. The molecule has 0 fully saturated rings. The van der Waals surface area contributed by atoms with E-state index in [-0.39, 0.29) is 5.78 Å². The molecule has 0 N–H and O–H groups in total. The number of carbonyl (C=O) groups is 1. The van der Waals surface area contributed by atoms with Gasteiger partial charge < -0.3 is 0 Å². The fraction of sp³-hybridized carbons (Fsp3) is 0.273. The van der Waals surface area contributed by atoms with Crippen LogP contribution in [0.2, 0.25) is 0 Å². The molecule has 1 aromatic carbocycles. The van der Waals surface area contributed by atoms with E-state index in [0.717, 1.165) is 41.6 Å². The fourth-order valence-corrected chi connectivity index (χ4v) is 4.47. The van der Waals surface area contributed by atoms with Gasteiger partial charge in [-0.05, 0) is 37.5 Å². The van der Waals surface area contributed by atoms with Gasteiger partial charge in [-0.15, -0.1) is 11.3 Å². The number of aryl methyl sites for hydroxylation is 1. The van der Waals surface area contributed by atoms with E-state index in [1.807, 2.05) is 31.4 Å². The van der Waals surface area contributed by atoms with Crippen LogP contribution in [-0.2, 0) is 0 Å². The summed E-state index contributed by atoms with van der Waals surface area (Å²) in [5, 5.41) is 2.87. The summed E-state index contributed by atoms with van der Waals surface area (Å²) in [7, 11) is 0. The second-order valence-corrected chi connectivity index (χ2v) is 7.81. The van der Waals surface area contributed by atoms with Crippen LogP contribution in [0.1, 0.15) is 33.7 Å². The third-order valence-corrected chi connectivity index (χ3v) is 5.90.